The zero-order chi connectivity index (χ0) is 13.3. The average Bonchev–Trinajstić information content (AvgIpc) is 2.37. The van der Waals surface area contributed by atoms with Crippen LogP contribution in [0.4, 0.5) is 11.4 Å². The van der Waals surface area contributed by atoms with Crippen molar-refractivity contribution in [3.05, 3.63) is 18.2 Å². The number of carbonyl (C=O) groups excluding carboxylic acids is 1. The molecule has 1 aromatic rings. The Hall–Kier alpha value is -1.75. The minimum absolute atomic E-state index is 0.0889. The molecule has 18 heavy (non-hydrogen) atoms. The predicted molar refractivity (Wildman–Crippen MR) is 71.9 cm³/mol. The van der Waals surface area contributed by atoms with E-state index in [0.717, 1.165) is 0 Å². The molecule has 0 radical (unpaired) electrons. The van der Waals surface area contributed by atoms with Crippen LogP contribution in [0, 0.1) is 0 Å². The van der Waals surface area contributed by atoms with Crippen molar-refractivity contribution in [3.63, 3.8) is 0 Å². The molecular weight excluding hydrogens is 254 g/mol. The normalized spacial score (nSPS) is 19.5. The van der Waals surface area contributed by atoms with E-state index in [1.807, 2.05) is 0 Å². The van der Waals surface area contributed by atoms with Gasteiger partial charge in [-0.25, -0.2) is 4.99 Å². The molecule has 1 aromatic carbocycles. The first-order valence-electron chi connectivity index (χ1n) is 5.50. The van der Waals surface area contributed by atoms with Crippen molar-refractivity contribution >= 4 is 34.7 Å². The van der Waals surface area contributed by atoms with Gasteiger partial charge in [-0.2, -0.15) is 0 Å². The lowest BCUT2D eigenvalue weighted by atomic mass is 10.2. The molecule has 96 valence electrons. The van der Waals surface area contributed by atoms with E-state index >= 15 is 0 Å². The first-order valence-corrected chi connectivity index (χ1v) is 6.03. The highest BCUT2D eigenvalue weighted by Crippen LogP contribution is 2.36. The van der Waals surface area contributed by atoms with Gasteiger partial charge in [-0.3, -0.25) is 4.79 Å². The van der Waals surface area contributed by atoms with Crippen molar-refractivity contribution in [1.82, 2.24) is 0 Å². The smallest absolute Gasteiger partial charge is 0.267 e. The van der Waals surface area contributed by atoms with Gasteiger partial charge in [0.25, 0.3) is 5.91 Å². The fourth-order valence-corrected chi connectivity index (χ4v) is 1.82. The summed E-state index contributed by atoms with van der Waals surface area (Å²) in [5.41, 5.74) is 6.90. The second-order valence-electron chi connectivity index (χ2n) is 4.05. The molecule has 1 amide bonds. The second-order valence-corrected chi connectivity index (χ2v) is 4.31. The molecule has 1 unspecified atom stereocenters. The van der Waals surface area contributed by atoms with Crippen molar-refractivity contribution in [2.45, 2.75) is 13.0 Å². The fraction of sp³-hybridized carbons (Fsp3) is 0.333. The van der Waals surface area contributed by atoms with Crippen molar-refractivity contribution < 1.29 is 9.53 Å². The van der Waals surface area contributed by atoms with Gasteiger partial charge in [-0.05, 0) is 25.1 Å². The first-order chi connectivity index (χ1) is 8.52. The van der Waals surface area contributed by atoms with Crippen molar-refractivity contribution in [3.8, 4) is 5.75 Å². The molecule has 0 saturated heterocycles. The van der Waals surface area contributed by atoms with E-state index in [9.17, 15) is 4.79 Å². The van der Waals surface area contributed by atoms with Gasteiger partial charge in [0.05, 0.1) is 17.3 Å². The average molecular weight is 268 g/mol. The van der Waals surface area contributed by atoms with E-state index in [-0.39, 0.29) is 11.8 Å². The monoisotopic (exact) mass is 267 g/mol. The van der Waals surface area contributed by atoms with Crippen LogP contribution in [0.15, 0.2) is 23.2 Å². The fourth-order valence-electron chi connectivity index (χ4n) is 1.77. The summed E-state index contributed by atoms with van der Waals surface area (Å²) >= 11 is 5.57. The molecule has 6 heteroatoms. The summed E-state index contributed by atoms with van der Waals surface area (Å²) in [7, 11) is 1.71. The Morgan fingerprint density at radius 3 is 3.00 bits per heavy atom. The number of benzene rings is 1. The van der Waals surface area contributed by atoms with E-state index in [1.54, 1.807) is 37.1 Å². The number of alkyl halides is 1. The molecule has 0 aromatic heterocycles. The van der Waals surface area contributed by atoms with Crippen molar-refractivity contribution in [1.29, 1.82) is 0 Å². The Labute approximate surface area is 110 Å². The van der Waals surface area contributed by atoms with E-state index in [4.69, 9.17) is 22.1 Å². The molecular formula is C12H14ClN3O2. The van der Waals surface area contributed by atoms with Crippen LogP contribution in [0.1, 0.15) is 6.92 Å². The number of hydrogen-bond donors (Lipinski definition) is 1. The third-order valence-corrected chi connectivity index (χ3v) is 2.97. The number of halogens is 1. The third-order valence-electron chi connectivity index (χ3n) is 2.70. The summed E-state index contributed by atoms with van der Waals surface area (Å²) in [6, 6.07) is 5.29. The van der Waals surface area contributed by atoms with Gasteiger partial charge in [0.15, 0.2) is 6.10 Å². The molecule has 0 spiro atoms. The number of hydrogen-bond acceptors (Lipinski definition) is 3. The molecule has 1 aliphatic rings. The van der Waals surface area contributed by atoms with Gasteiger partial charge in [-0.1, -0.05) is 0 Å². The molecule has 2 rings (SSSR count). The summed E-state index contributed by atoms with van der Waals surface area (Å²) in [5, 5.41) is 0. The van der Waals surface area contributed by atoms with Gasteiger partial charge in [0.1, 0.15) is 11.6 Å². The molecule has 1 aliphatic heterocycles. The Kier molecular flexibility index (Phi) is 3.43. The zero-order valence-corrected chi connectivity index (χ0v) is 10.9. The highest BCUT2D eigenvalue weighted by molar-refractivity contribution is 6.28. The maximum atomic E-state index is 11.8. The summed E-state index contributed by atoms with van der Waals surface area (Å²) in [5.74, 6) is 1.07. The number of anilines is 1. The minimum atomic E-state index is -0.468. The van der Waals surface area contributed by atoms with Gasteiger partial charge in [0.2, 0.25) is 0 Å². The van der Waals surface area contributed by atoms with Gasteiger partial charge < -0.3 is 15.4 Å². The first kappa shape index (κ1) is 12.7. The molecule has 1 atom stereocenters. The number of fused-ring (bicyclic) bond motifs is 1. The zero-order valence-electron chi connectivity index (χ0n) is 10.2. The number of carbonyl (C=O) groups is 1. The molecule has 2 N–H and O–H groups in total. The number of aliphatic imine (C=N–C) groups is 1. The number of ether oxygens (including phenoxy) is 1. The Morgan fingerprint density at radius 2 is 2.33 bits per heavy atom. The Bertz CT molecular complexity index is 516. The van der Waals surface area contributed by atoms with Crippen LogP contribution in [-0.2, 0) is 4.79 Å². The molecule has 0 saturated carbocycles. The van der Waals surface area contributed by atoms with E-state index in [0.29, 0.717) is 23.0 Å². The van der Waals surface area contributed by atoms with E-state index < -0.39 is 6.10 Å². The molecule has 0 bridgehead atoms. The maximum absolute atomic E-state index is 11.8. The highest BCUT2D eigenvalue weighted by Gasteiger charge is 2.28. The number of likely N-dealkylation sites (N-methyl/N-ethyl adjacent to an activating group) is 1. The largest absolute Gasteiger partial charge is 0.479 e. The van der Waals surface area contributed by atoms with E-state index in [1.165, 1.54) is 0 Å². The van der Waals surface area contributed by atoms with Crippen molar-refractivity contribution in [2.24, 2.45) is 10.7 Å². The lowest BCUT2D eigenvalue weighted by Gasteiger charge is -2.30. The number of rotatable bonds is 2. The Balaban J connectivity index is 2.41. The van der Waals surface area contributed by atoms with Gasteiger partial charge in [-0.15, -0.1) is 11.6 Å². The van der Waals surface area contributed by atoms with Crippen LogP contribution < -0.4 is 15.4 Å². The SMILES string of the molecule is CC1Oc2ccc(N=C(N)CCl)cc2N(C)C1=O. The summed E-state index contributed by atoms with van der Waals surface area (Å²) in [4.78, 5) is 17.5. The standard InChI is InChI=1S/C12H14ClN3O2/c1-7-12(17)16(2)9-5-8(15-11(14)6-13)3-4-10(9)18-7/h3-5,7H,6H2,1-2H3,(H2,14,15). The van der Waals surface area contributed by atoms with Crippen LogP contribution >= 0.6 is 11.6 Å². The third kappa shape index (κ3) is 2.26. The van der Waals surface area contributed by atoms with E-state index in [2.05, 4.69) is 4.99 Å². The molecule has 1 heterocycles. The highest BCUT2D eigenvalue weighted by atomic mass is 35.5. The molecule has 5 nitrogen and oxygen atoms in total. The topological polar surface area (TPSA) is 67.9 Å². The maximum Gasteiger partial charge on any atom is 0.267 e. The lowest BCUT2D eigenvalue weighted by molar-refractivity contribution is -0.125. The quantitative estimate of drug-likeness (QED) is 0.503. The van der Waals surface area contributed by atoms with Crippen LogP contribution in [0.25, 0.3) is 0 Å². The Morgan fingerprint density at radius 1 is 1.61 bits per heavy atom. The minimum Gasteiger partial charge on any atom is -0.479 e. The van der Waals surface area contributed by atoms with Crippen LogP contribution in [0.2, 0.25) is 0 Å². The number of nitrogens with zero attached hydrogens (tertiary/aromatic N) is 2. The number of nitrogens with two attached hydrogens (primary N) is 1. The van der Waals surface area contributed by atoms with Crippen LogP contribution in [0.3, 0.4) is 0 Å². The lowest BCUT2D eigenvalue weighted by Crippen LogP contribution is -2.41. The number of amidine groups is 1. The van der Waals surface area contributed by atoms with Crippen LogP contribution in [0.5, 0.6) is 5.75 Å². The second kappa shape index (κ2) is 4.86. The van der Waals surface area contributed by atoms with Crippen molar-refractivity contribution in [2.75, 3.05) is 17.8 Å². The summed E-state index contributed by atoms with van der Waals surface area (Å²) in [6.45, 7) is 1.72. The molecule has 0 aliphatic carbocycles. The van der Waals surface area contributed by atoms with Gasteiger partial charge >= 0.3 is 0 Å². The predicted octanol–water partition coefficient (Wildman–Crippen LogP) is 1.66. The summed E-state index contributed by atoms with van der Waals surface area (Å²) < 4.78 is 5.50. The molecule has 0 fully saturated rings. The van der Waals surface area contributed by atoms with Crippen LogP contribution in [-0.4, -0.2) is 30.8 Å². The van der Waals surface area contributed by atoms with Gasteiger partial charge in [0, 0.05) is 7.05 Å². The number of amides is 1. The summed E-state index contributed by atoms with van der Waals surface area (Å²) in [6.07, 6.45) is -0.468.